The third-order valence-corrected chi connectivity index (χ3v) is 2.29. The van der Waals surface area contributed by atoms with Crippen molar-refractivity contribution in [2.75, 3.05) is 6.16 Å². The Bertz CT molecular complexity index is 105. The van der Waals surface area contributed by atoms with E-state index in [9.17, 15) is 4.57 Å². The first-order chi connectivity index (χ1) is 4.70. The molecule has 0 fully saturated rings. The van der Waals surface area contributed by atoms with Crippen LogP contribution < -0.4 is 0 Å². The van der Waals surface area contributed by atoms with Crippen LogP contribution in [0.3, 0.4) is 0 Å². The van der Waals surface area contributed by atoms with Crippen LogP contribution in [0.5, 0.6) is 0 Å². The Labute approximate surface area is 62.3 Å². The number of hydrogen-bond acceptors (Lipinski definition) is 3. The molecule has 2 unspecified atom stereocenters. The molecule has 0 aliphatic rings. The molecule has 0 aromatic carbocycles. The van der Waals surface area contributed by atoms with Crippen molar-refractivity contribution in [3.05, 3.63) is 0 Å². The Kier molecular flexibility index (Phi) is 5.79. The zero-order chi connectivity index (χ0) is 7.98. The molecule has 2 atom stereocenters. The third-order valence-electron chi connectivity index (χ3n) is 0.995. The topological polar surface area (TPSA) is 46.5 Å². The second-order valence-electron chi connectivity index (χ2n) is 2.02. The van der Waals surface area contributed by atoms with Crippen LogP contribution >= 0.6 is 8.03 Å². The highest BCUT2D eigenvalue weighted by Gasteiger charge is 2.19. The highest BCUT2D eigenvalue weighted by Crippen LogP contribution is 2.25. The van der Waals surface area contributed by atoms with E-state index >= 15 is 0 Å². The van der Waals surface area contributed by atoms with Crippen LogP contribution in [0.25, 0.3) is 0 Å². The average molecular weight is 165 g/mol. The average Bonchev–Trinajstić information content (AvgIpc) is 1.88. The first kappa shape index (κ1) is 10.0. The molecule has 0 aliphatic heterocycles. The van der Waals surface area contributed by atoms with Crippen LogP contribution in [-0.2, 0) is 9.09 Å². The fourth-order valence-electron chi connectivity index (χ4n) is 0.446. The minimum absolute atomic E-state index is 0.491. The summed E-state index contributed by atoms with van der Waals surface area (Å²) in [7, 11) is -1.63. The Morgan fingerprint density at radius 1 is 1.60 bits per heavy atom. The van der Waals surface area contributed by atoms with E-state index in [0.29, 0.717) is 12.6 Å². The Morgan fingerprint density at radius 3 is 2.60 bits per heavy atom. The predicted octanol–water partition coefficient (Wildman–Crippen LogP) is 1.88. The predicted molar refractivity (Wildman–Crippen MR) is 40.1 cm³/mol. The molecule has 4 heteroatoms. The zero-order valence-corrected chi connectivity index (χ0v) is 7.30. The van der Waals surface area contributed by atoms with Gasteiger partial charge in [-0.15, -0.1) is 4.52 Å². The first-order valence-corrected chi connectivity index (χ1v) is 4.86. The van der Waals surface area contributed by atoms with Gasteiger partial charge in [-0.05, 0) is 11.0 Å². The van der Waals surface area contributed by atoms with E-state index in [1.54, 1.807) is 6.92 Å². The Hall–Kier alpha value is 0.0200. The molecule has 60 valence electrons. The molecule has 0 saturated carbocycles. The van der Waals surface area contributed by atoms with Crippen LogP contribution in [0.15, 0.2) is 0 Å². The van der Waals surface area contributed by atoms with Crippen LogP contribution in [0, 0.1) is 0 Å². The number of hydrogen-bond donors (Lipinski definition) is 1. The molecule has 10 heavy (non-hydrogen) atoms. The minimum atomic E-state index is -1.63. The van der Waals surface area contributed by atoms with E-state index in [1.807, 2.05) is 6.92 Å². The maximum atomic E-state index is 10.8. The fourth-order valence-corrected chi connectivity index (χ4v) is 1.34. The van der Waals surface area contributed by atoms with E-state index < -0.39 is 14.3 Å². The van der Waals surface area contributed by atoms with Crippen LogP contribution in [0.4, 0.5) is 0 Å². The Morgan fingerprint density at radius 2 is 2.20 bits per heavy atom. The molecule has 0 aliphatic carbocycles. The van der Waals surface area contributed by atoms with Crippen molar-refractivity contribution in [1.82, 2.24) is 0 Å². The molecule has 0 saturated heterocycles. The highest BCUT2D eigenvalue weighted by molar-refractivity contribution is 7.39. The lowest BCUT2D eigenvalue weighted by Crippen LogP contribution is -2.04. The van der Waals surface area contributed by atoms with Crippen LogP contribution in [0.1, 0.15) is 26.7 Å². The summed E-state index contributed by atoms with van der Waals surface area (Å²) in [6, 6.07) is 0. The van der Waals surface area contributed by atoms with Crippen molar-refractivity contribution in [3.63, 3.8) is 0 Å². The summed E-state index contributed by atoms with van der Waals surface area (Å²) in [5, 5.41) is 8.85. The molecule has 1 N–H and O–H groups in total. The highest BCUT2D eigenvalue weighted by atomic mass is 31.1. The van der Waals surface area contributed by atoms with E-state index in [4.69, 9.17) is 9.63 Å². The van der Waals surface area contributed by atoms with E-state index in [-0.39, 0.29) is 0 Å². The normalized spacial score (nSPS) is 14.9. The van der Waals surface area contributed by atoms with Gasteiger partial charge in [-0.2, -0.15) is 0 Å². The lowest BCUT2D eigenvalue weighted by Gasteiger charge is -1.96. The van der Waals surface area contributed by atoms with E-state index in [1.165, 1.54) is 0 Å². The van der Waals surface area contributed by atoms with Crippen molar-refractivity contribution < 1.29 is 14.2 Å². The van der Waals surface area contributed by atoms with Crippen molar-refractivity contribution in [1.29, 1.82) is 0 Å². The SMILES string of the molecule is CCC[P+](=O)OC(O)CC. The number of aliphatic hydroxyl groups is 1. The van der Waals surface area contributed by atoms with Gasteiger partial charge in [0.1, 0.15) is 0 Å². The molecule has 0 bridgehead atoms. The van der Waals surface area contributed by atoms with E-state index in [0.717, 1.165) is 6.42 Å². The van der Waals surface area contributed by atoms with Gasteiger partial charge in [0.15, 0.2) is 6.16 Å². The molecule has 0 heterocycles. The standard InChI is InChI=1S/C6H14O3P/c1-3-5-10(8)9-6(7)4-2/h6-7H,3-5H2,1-2H3/q+1. The van der Waals surface area contributed by atoms with Gasteiger partial charge in [-0.1, -0.05) is 13.8 Å². The summed E-state index contributed by atoms with van der Waals surface area (Å²) < 4.78 is 15.5. The molecule has 0 radical (unpaired) electrons. The number of aliphatic hydroxyl groups excluding tert-OH is 1. The lowest BCUT2D eigenvalue weighted by atomic mass is 10.5. The second kappa shape index (κ2) is 5.78. The van der Waals surface area contributed by atoms with Gasteiger partial charge in [0, 0.05) is 6.42 Å². The van der Waals surface area contributed by atoms with Crippen LogP contribution in [-0.4, -0.2) is 17.6 Å². The summed E-state index contributed by atoms with van der Waals surface area (Å²) in [6.45, 7) is 3.70. The summed E-state index contributed by atoms with van der Waals surface area (Å²) >= 11 is 0. The fraction of sp³-hybridized carbons (Fsp3) is 1.00. The molecule has 0 amide bonds. The summed E-state index contributed by atoms with van der Waals surface area (Å²) in [5.41, 5.74) is 0. The van der Waals surface area contributed by atoms with Crippen LogP contribution in [0.2, 0.25) is 0 Å². The first-order valence-electron chi connectivity index (χ1n) is 3.50. The van der Waals surface area contributed by atoms with Gasteiger partial charge in [0.2, 0.25) is 6.29 Å². The minimum Gasteiger partial charge on any atom is -0.364 e. The molecule has 0 spiro atoms. The van der Waals surface area contributed by atoms with Gasteiger partial charge in [0.25, 0.3) is 0 Å². The molecular weight excluding hydrogens is 151 g/mol. The Balaban J connectivity index is 3.37. The quantitative estimate of drug-likeness (QED) is 0.499. The summed E-state index contributed by atoms with van der Waals surface area (Å²) in [4.78, 5) is 0. The molecule has 0 rings (SSSR count). The van der Waals surface area contributed by atoms with Gasteiger partial charge in [0.05, 0.1) is 0 Å². The maximum Gasteiger partial charge on any atom is 0.510 e. The van der Waals surface area contributed by atoms with Crippen molar-refractivity contribution in [3.8, 4) is 0 Å². The molecular formula is C6H14O3P+. The number of rotatable bonds is 5. The van der Waals surface area contributed by atoms with Gasteiger partial charge >= 0.3 is 8.03 Å². The maximum absolute atomic E-state index is 10.8. The van der Waals surface area contributed by atoms with Crippen molar-refractivity contribution in [2.45, 2.75) is 33.0 Å². The second-order valence-corrected chi connectivity index (χ2v) is 3.35. The monoisotopic (exact) mass is 165 g/mol. The third kappa shape index (κ3) is 4.86. The van der Waals surface area contributed by atoms with Gasteiger partial charge in [-0.3, -0.25) is 0 Å². The molecule has 0 aromatic rings. The lowest BCUT2D eigenvalue weighted by molar-refractivity contribution is -0.0128. The zero-order valence-electron chi connectivity index (χ0n) is 6.41. The van der Waals surface area contributed by atoms with Crippen molar-refractivity contribution in [2.24, 2.45) is 0 Å². The van der Waals surface area contributed by atoms with E-state index in [2.05, 4.69) is 0 Å². The molecule has 3 nitrogen and oxygen atoms in total. The van der Waals surface area contributed by atoms with Gasteiger partial charge in [-0.25, -0.2) is 0 Å². The van der Waals surface area contributed by atoms with Crippen molar-refractivity contribution >= 4 is 8.03 Å². The largest absolute Gasteiger partial charge is 0.510 e. The summed E-state index contributed by atoms with van der Waals surface area (Å²) in [5.74, 6) is 0. The molecule has 0 aromatic heterocycles. The van der Waals surface area contributed by atoms with Gasteiger partial charge < -0.3 is 5.11 Å². The smallest absolute Gasteiger partial charge is 0.364 e. The summed E-state index contributed by atoms with van der Waals surface area (Å²) in [6.07, 6.45) is 0.998.